The molecule has 1 spiro atoms. The summed E-state index contributed by atoms with van der Waals surface area (Å²) >= 11 is 0. The zero-order chi connectivity index (χ0) is 22.6. The minimum absolute atomic E-state index is 0.0504. The Labute approximate surface area is 190 Å². The molecule has 172 valence electrons. The molecule has 1 aliphatic carbocycles. The Morgan fingerprint density at radius 3 is 2.44 bits per heavy atom. The van der Waals surface area contributed by atoms with Gasteiger partial charge in [-0.1, -0.05) is 35.5 Å². The molecule has 1 aromatic carbocycles. The fourth-order valence-electron chi connectivity index (χ4n) is 5.33. The smallest absolute Gasteiger partial charge is 0.276 e. The van der Waals surface area contributed by atoms with Crippen molar-refractivity contribution in [3.8, 4) is 0 Å². The number of aryl methyl sites for hydroxylation is 1. The molecule has 2 heterocycles. The van der Waals surface area contributed by atoms with Gasteiger partial charge in [0, 0.05) is 32.6 Å². The molecule has 0 radical (unpaired) electrons. The standard InChI is InChI=1S/C25H35N5O2/c1-3-28(4-2)24(32)21-19-30(27-26-21)22-13-14-25(22)15-17-29(18-16-25)23(31)12-8-11-20-9-6-5-7-10-20/h5-7,9-10,19,22H,3-4,8,11-18H2,1-2H3. The van der Waals surface area contributed by atoms with Crippen LogP contribution in [-0.2, 0) is 11.2 Å². The van der Waals surface area contributed by atoms with Crippen LogP contribution in [0.15, 0.2) is 36.5 Å². The van der Waals surface area contributed by atoms with Crippen LogP contribution < -0.4 is 0 Å². The first kappa shape index (κ1) is 22.5. The molecule has 1 saturated carbocycles. The van der Waals surface area contributed by atoms with Gasteiger partial charge in [-0.15, -0.1) is 5.10 Å². The Morgan fingerprint density at radius 1 is 1.09 bits per heavy atom. The maximum atomic E-state index is 12.7. The maximum Gasteiger partial charge on any atom is 0.276 e. The normalized spacial score (nSPS) is 19.6. The highest BCUT2D eigenvalue weighted by Gasteiger charge is 2.50. The van der Waals surface area contributed by atoms with Crippen molar-refractivity contribution in [2.45, 2.75) is 64.8 Å². The summed E-state index contributed by atoms with van der Waals surface area (Å²) < 4.78 is 1.91. The van der Waals surface area contributed by atoms with Gasteiger partial charge in [0.15, 0.2) is 5.69 Å². The number of rotatable bonds is 8. The highest BCUT2D eigenvalue weighted by atomic mass is 16.2. The third-order valence-electron chi connectivity index (χ3n) is 7.53. The Kier molecular flexibility index (Phi) is 6.92. The van der Waals surface area contributed by atoms with Crippen LogP contribution >= 0.6 is 0 Å². The van der Waals surface area contributed by atoms with Crippen molar-refractivity contribution < 1.29 is 9.59 Å². The van der Waals surface area contributed by atoms with Crippen LogP contribution in [0.2, 0.25) is 0 Å². The van der Waals surface area contributed by atoms with E-state index in [0.29, 0.717) is 25.2 Å². The minimum atomic E-state index is -0.0504. The predicted molar refractivity (Wildman–Crippen MR) is 123 cm³/mol. The summed E-state index contributed by atoms with van der Waals surface area (Å²) in [5, 5.41) is 8.49. The molecule has 0 N–H and O–H groups in total. The largest absolute Gasteiger partial charge is 0.343 e. The number of nitrogens with zero attached hydrogens (tertiary/aromatic N) is 5. The highest BCUT2D eigenvalue weighted by Crippen LogP contribution is 2.56. The number of hydrogen-bond donors (Lipinski definition) is 0. The van der Waals surface area contributed by atoms with Gasteiger partial charge in [-0.05, 0) is 63.4 Å². The molecule has 1 atom stereocenters. The van der Waals surface area contributed by atoms with Gasteiger partial charge in [0.2, 0.25) is 5.91 Å². The summed E-state index contributed by atoms with van der Waals surface area (Å²) in [7, 11) is 0. The first-order chi connectivity index (χ1) is 15.6. The number of piperidine rings is 1. The molecule has 4 rings (SSSR count). The Morgan fingerprint density at radius 2 is 1.81 bits per heavy atom. The van der Waals surface area contributed by atoms with Crippen molar-refractivity contribution in [1.82, 2.24) is 24.8 Å². The molecular formula is C25H35N5O2. The van der Waals surface area contributed by atoms with Crippen LogP contribution in [0.1, 0.15) is 74.5 Å². The Hall–Kier alpha value is -2.70. The molecule has 1 aliphatic heterocycles. The summed E-state index contributed by atoms with van der Waals surface area (Å²) in [4.78, 5) is 29.1. The number of likely N-dealkylation sites (tertiary alicyclic amines) is 1. The average molecular weight is 438 g/mol. The fraction of sp³-hybridized carbons (Fsp3) is 0.600. The third-order valence-corrected chi connectivity index (χ3v) is 7.53. The van der Waals surface area contributed by atoms with Gasteiger partial charge >= 0.3 is 0 Å². The highest BCUT2D eigenvalue weighted by molar-refractivity contribution is 5.91. The number of aromatic nitrogens is 3. The summed E-state index contributed by atoms with van der Waals surface area (Å²) in [6.45, 7) is 6.93. The Balaban J connectivity index is 1.29. The summed E-state index contributed by atoms with van der Waals surface area (Å²) in [5.41, 5.74) is 1.91. The minimum Gasteiger partial charge on any atom is -0.343 e. The van der Waals surface area contributed by atoms with E-state index in [-0.39, 0.29) is 23.3 Å². The molecule has 0 bridgehead atoms. The van der Waals surface area contributed by atoms with E-state index in [0.717, 1.165) is 51.6 Å². The van der Waals surface area contributed by atoms with Crippen molar-refractivity contribution in [2.24, 2.45) is 5.41 Å². The molecule has 1 saturated heterocycles. The van der Waals surface area contributed by atoms with Crippen molar-refractivity contribution >= 4 is 11.8 Å². The molecule has 7 heteroatoms. The second-order valence-corrected chi connectivity index (χ2v) is 9.20. The first-order valence-corrected chi connectivity index (χ1v) is 12.1. The van der Waals surface area contributed by atoms with Crippen LogP contribution in [-0.4, -0.2) is 62.8 Å². The SMILES string of the molecule is CCN(CC)C(=O)c1cn(C2CCC23CCN(C(=O)CCCc2ccccc2)CC3)nn1. The molecule has 2 aromatic rings. The lowest BCUT2D eigenvalue weighted by molar-refractivity contribution is -0.136. The van der Waals surface area contributed by atoms with Crippen LogP contribution in [0.5, 0.6) is 0 Å². The van der Waals surface area contributed by atoms with Crippen molar-refractivity contribution in [3.05, 3.63) is 47.8 Å². The number of benzene rings is 1. The first-order valence-electron chi connectivity index (χ1n) is 12.1. The van der Waals surface area contributed by atoms with E-state index in [4.69, 9.17) is 0 Å². The van der Waals surface area contributed by atoms with Gasteiger partial charge < -0.3 is 9.80 Å². The summed E-state index contributed by atoms with van der Waals surface area (Å²) in [6.07, 6.45) is 8.52. The lowest BCUT2D eigenvalue weighted by Gasteiger charge is -2.53. The fourth-order valence-corrected chi connectivity index (χ4v) is 5.33. The van der Waals surface area contributed by atoms with E-state index < -0.39 is 0 Å². The number of carbonyl (C=O) groups is 2. The van der Waals surface area contributed by atoms with Crippen LogP contribution in [0.4, 0.5) is 0 Å². The molecule has 32 heavy (non-hydrogen) atoms. The van der Waals surface area contributed by atoms with E-state index in [9.17, 15) is 9.59 Å². The van der Waals surface area contributed by atoms with Gasteiger partial charge in [-0.3, -0.25) is 9.59 Å². The number of carbonyl (C=O) groups excluding carboxylic acids is 2. The zero-order valence-electron chi connectivity index (χ0n) is 19.4. The average Bonchev–Trinajstić information content (AvgIpc) is 3.29. The van der Waals surface area contributed by atoms with Gasteiger partial charge in [0.25, 0.3) is 5.91 Å². The molecule has 1 unspecified atom stereocenters. The van der Waals surface area contributed by atoms with E-state index in [1.54, 1.807) is 4.90 Å². The lowest BCUT2D eigenvalue weighted by Crippen LogP contribution is -2.51. The molecular weight excluding hydrogens is 402 g/mol. The molecule has 7 nitrogen and oxygen atoms in total. The molecule has 2 amide bonds. The van der Waals surface area contributed by atoms with Gasteiger partial charge in [-0.2, -0.15) is 0 Å². The van der Waals surface area contributed by atoms with Crippen LogP contribution in [0.3, 0.4) is 0 Å². The third kappa shape index (κ3) is 4.57. The van der Waals surface area contributed by atoms with Gasteiger partial charge in [0.1, 0.15) is 0 Å². The van der Waals surface area contributed by atoms with Crippen molar-refractivity contribution in [1.29, 1.82) is 0 Å². The van der Waals surface area contributed by atoms with Crippen molar-refractivity contribution in [2.75, 3.05) is 26.2 Å². The number of amides is 2. The predicted octanol–water partition coefficient (Wildman–Crippen LogP) is 3.73. The van der Waals surface area contributed by atoms with E-state index >= 15 is 0 Å². The Bertz CT molecular complexity index is 913. The monoisotopic (exact) mass is 437 g/mol. The zero-order valence-corrected chi connectivity index (χ0v) is 19.4. The van der Waals surface area contributed by atoms with Gasteiger partial charge in [-0.25, -0.2) is 4.68 Å². The topological polar surface area (TPSA) is 71.3 Å². The second-order valence-electron chi connectivity index (χ2n) is 9.20. The summed E-state index contributed by atoms with van der Waals surface area (Å²) in [6, 6.07) is 10.6. The van der Waals surface area contributed by atoms with Crippen LogP contribution in [0.25, 0.3) is 0 Å². The van der Waals surface area contributed by atoms with Crippen molar-refractivity contribution in [3.63, 3.8) is 0 Å². The van der Waals surface area contributed by atoms with E-state index in [1.807, 2.05) is 47.8 Å². The van der Waals surface area contributed by atoms with E-state index in [1.165, 1.54) is 5.56 Å². The maximum absolute atomic E-state index is 12.7. The van der Waals surface area contributed by atoms with Crippen LogP contribution in [0, 0.1) is 5.41 Å². The van der Waals surface area contributed by atoms with Gasteiger partial charge in [0.05, 0.1) is 12.2 Å². The molecule has 1 aromatic heterocycles. The second kappa shape index (κ2) is 9.84. The molecule has 2 fully saturated rings. The summed E-state index contributed by atoms with van der Waals surface area (Å²) in [5.74, 6) is 0.227. The lowest BCUT2D eigenvalue weighted by atomic mass is 9.59. The quantitative estimate of drug-likeness (QED) is 0.631. The molecule has 2 aliphatic rings. The number of hydrogen-bond acceptors (Lipinski definition) is 4. The van der Waals surface area contributed by atoms with E-state index in [2.05, 4.69) is 22.4 Å².